The zero-order valence-corrected chi connectivity index (χ0v) is 9.73. The number of hydrogen-bond acceptors (Lipinski definition) is 7. The summed E-state index contributed by atoms with van der Waals surface area (Å²) in [4.78, 5) is 11.3. The van der Waals surface area contributed by atoms with Crippen LogP contribution >= 0.6 is 0 Å². The van der Waals surface area contributed by atoms with Crippen LogP contribution in [0, 0.1) is 0 Å². The third kappa shape index (κ3) is 5.27. The van der Waals surface area contributed by atoms with Crippen LogP contribution in [0.5, 0.6) is 0 Å². The van der Waals surface area contributed by atoms with Crippen LogP contribution in [0.4, 0.5) is 6.01 Å². The minimum atomic E-state index is -0.0619. The van der Waals surface area contributed by atoms with E-state index >= 15 is 0 Å². The quantitative estimate of drug-likeness (QED) is 0.506. The maximum Gasteiger partial charge on any atom is 0.315 e. The highest BCUT2D eigenvalue weighted by Crippen LogP contribution is 2.03. The molecular formula is C9H17N5O3. The van der Waals surface area contributed by atoms with E-state index in [-0.39, 0.29) is 18.5 Å². The Labute approximate surface area is 98.9 Å². The lowest BCUT2D eigenvalue weighted by Gasteiger charge is -2.04. The second-order valence-electron chi connectivity index (χ2n) is 3.22. The third-order valence-electron chi connectivity index (χ3n) is 1.90. The fraction of sp³-hybridized carbons (Fsp3) is 0.667. The van der Waals surface area contributed by atoms with Crippen molar-refractivity contribution in [1.29, 1.82) is 0 Å². The van der Waals surface area contributed by atoms with Crippen molar-refractivity contribution in [3.05, 3.63) is 5.89 Å². The number of nitrogens with two attached hydrogens (primary N) is 1. The minimum absolute atomic E-state index is 0.0619. The van der Waals surface area contributed by atoms with Gasteiger partial charge in [0.15, 0.2) is 0 Å². The Morgan fingerprint density at radius 2 is 2.29 bits per heavy atom. The molecule has 0 radical (unpaired) electrons. The van der Waals surface area contributed by atoms with Gasteiger partial charge in [-0.3, -0.25) is 4.79 Å². The molecule has 17 heavy (non-hydrogen) atoms. The van der Waals surface area contributed by atoms with Crippen LogP contribution in [0.25, 0.3) is 0 Å². The van der Waals surface area contributed by atoms with Gasteiger partial charge in [-0.05, 0) is 0 Å². The summed E-state index contributed by atoms with van der Waals surface area (Å²) in [6.45, 7) is 1.63. The predicted molar refractivity (Wildman–Crippen MR) is 60.2 cm³/mol. The van der Waals surface area contributed by atoms with Gasteiger partial charge in [-0.1, -0.05) is 5.10 Å². The van der Waals surface area contributed by atoms with Crippen molar-refractivity contribution in [2.45, 2.75) is 13.0 Å². The fourth-order valence-electron chi connectivity index (χ4n) is 1.07. The van der Waals surface area contributed by atoms with E-state index in [0.29, 0.717) is 32.0 Å². The summed E-state index contributed by atoms with van der Waals surface area (Å²) in [5.41, 5.74) is 5.31. The van der Waals surface area contributed by atoms with Gasteiger partial charge in [0, 0.05) is 26.6 Å². The van der Waals surface area contributed by atoms with Gasteiger partial charge in [0.2, 0.25) is 11.8 Å². The number of hydrogen-bond donors (Lipinski definition) is 3. The molecular weight excluding hydrogens is 226 g/mol. The van der Waals surface area contributed by atoms with Gasteiger partial charge in [0.25, 0.3) is 0 Å². The van der Waals surface area contributed by atoms with Crippen LogP contribution in [-0.2, 0) is 16.1 Å². The van der Waals surface area contributed by atoms with E-state index in [1.54, 1.807) is 7.11 Å². The number of aromatic nitrogens is 2. The van der Waals surface area contributed by atoms with Gasteiger partial charge in [-0.2, -0.15) is 0 Å². The van der Waals surface area contributed by atoms with Crippen molar-refractivity contribution in [1.82, 2.24) is 15.5 Å². The number of methoxy groups -OCH3 is 1. The van der Waals surface area contributed by atoms with E-state index in [0.717, 1.165) is 0 Å². The molecule has 0 aliphatic heterocycles. The molecule has 0 aromatic carbocycles. The molecule has 0 fully saturated rings. The number of carbonyl (C=O) groups excluding carboxylic acids is 1. The number of anilines is 1. The van der Waals surface area contributed by atoms with Gasteiger partial charge in [-0.25, -0.2) is 0 Å². The van der Waals surface area contributed by atoms with Gasteiger partial charge in [-0.15, -0.1) is 5.10 Å². The van der Waals surface area contributed by atoms with E-state index in [2.05, 4.69) is 20.8 Å². The summed E-state index contributed by atoms with van der Waals surface area (Å²) in [6, 6.07) is 0.273. The largest absolute Gasteiger partial charge is 0.407 e. The predicted octanol–water partition coefficient (Wildman–Crippen LogP) is -0.907. The minimum Gasteiger partial charge on any atom is -0.407 e. The molecule has 0 aliphatic carbocycles. The zero-order chi connectivity index (χ0) is 12.5. The van der Waals surface area contributed by atoms with E-state index < -0.39 is 0 Å². The molecule has 8 nitrogen and oxygen atoms in total. The first-order valence-electron chi connectivity index (χ1n) is 5.28. The lowest BCUT2D eigenvalue weighted by Crippen LogP contribution is -2.28. The Kier molecular flexibility index (Phi) is 5.97. The van der Waals surface area contributed by atoms with Crippen LogP contribution in [-0.4, -0.2) is 42.9 Å². The first-order valence-corrected chi connectivity index (χ1v) is 5.28. The molecule has 96 valence electrons. The summed E-state index contributed by atoms with van der Waals surface area (Å²) in [5, 5.41) is 12.9. The topological polar surface area (TPSA) is 115 Å². The maximum absolute atomic E-state index is 11.3. The van der Waals surface area contributed by atoms with E-state index in [1.807, 2.05) is 0 Å². The second kappa shape index (κ2) is 7.58. The van der Waals surface area contributed by atoms with E-state index in [1.165, 1.54) is 0 Å². The van der Waals surface area contributed by atoms with Crippen molar-refractivity contribution in [3.8, 4) is 0 Å². The summed E-state index contributed by atoms with van der Waals surface area (Å²) < 4.78 is 9.91. The molecule has 0 atom stereocenters. The highest BCUT2D eigenvalue weighted by Gasteiger charge is 2.04. The highest BCUT2D eigenvalue weighted by atomic mass is 16.5. The monoisotopic (exact) mass is 243 g/mol. The Morgan fingerprint density at radius 1 is 1.47 bits per heavy atom. The molecule has 0 aliphatic rings. The number of nitrogens with zero attached hydrogens (tertiary/aromatic N) is 2. The fourth-order valence-corrected chi connectivity index (χ4v) is 1.07. The normalized spacial score (nSPS) is 10.2. The summed E-state index contributed by atoms with van der Waals surface area (Å²) in [5.74, 6) is 0.296. The first kappa shape index (κ1) is 13.4. The molecule has 0 saturated heterocycles. The molecule has 1 aromatic heterocycles. The number of rotatable bonds is 8. The summed E-state index contributed by atoms with van der Waals surface area (Å²) in [7, 11) is 1.58. The molecule has 0 spiro atoms. The van der Waals surface area contributed by atoms with E-state index in [9.17, 15) is 4.79 Å². The summed E-state index contributed by atoms with van der Waals surface area (Å²) >= 11 is 0. The molecule has 8 heteroatoms. The zero-order valence-electron chi connectivity index (χ0n) is 9.73. The lowest BCUT2D eigenvalue weighted by molar-refractivity contribution is -0.121. The second-order valence-corrected chi connectivity index (χ2v) is 3.22. The van der Waals surface area contributed by atoms with Crippen LogP contribution in [0.1, 0.15) is 12.3 Å². The number of carbonyl (C=O) groups is 1. The molecule has 0 unspecified atom stereocenters. The molecule has 4 N–H and O–H groups in total. The van der Waals surface area contributed by atoms with Gasteiger partial charge in [0.05, 0.1) is 13.2 Å². The highest BCUT2D eigenvalue weighted by molar-refractivity contribution is 5.76. The van der Waals surface area contributed by atoms with Crippen LogP contribution in [0.3, 0.4) is 0 Å². The lowest BCUT2D eigenvalue weighted by atomic mass is 10.4. The maximum atomic E-state index is 11.3. The molecule has 1 amide bonds. The van der Waals surface area contributed by atoms with Gasteiger partial charge in [0.1, 0.15) is 0 Å². The van der Waals surface area contributed by atoms with Crippen molar-refractivity contribution >= 4 is 11.9 Å². The Morgan fingerprint density at radius 3 is 2.94 bits per heavy atom. The SMILES string of the molecule is COCCNC(=O)CCNc1nnc(CN)o1. The molecule has 0 bridgehead atoms. The van der Waals surface area contributed by atoms with Crippen molar-refractivity contribution in [3.63, 3.8) is 0 Å². The Balaban J connectivity index is 2.12. The number of ether oxygens (including phenoxy) is 1. The molecule has 1 aromatic rings. The Hall–Kier alpha value is -1.67. The van der Waals surface area contributed by atoms with Gasteiger partial charge < -0.3 is 25.5 Å². The average Bonchev–Trinajstić information content (AvgIpc) is 2.77. The van der Waals surface area contributed by atoms with Crippen LogP contribution < -0.4 is 16.4 Å². The van der Waals surface area contributed by atoms with Gasteiger partial charge >= 0.3 is 6.01 Å². The van der Waals surface area contributed by atoms with Crippen molar-refractivity contribution in [2.24, 2.45) is 5.73 Å². The number of amides is 1. The molecule has 0 saturated carbocycles. The smallest absolute Gasteiger partial charge is 0.315 e. The molecule has 1 rings (SSSR count). The Bertz CT molecular complexity index is 341. The summed E-state index contributed by atoms with van der Waals surface area (Å²) in [6.07, 6.45) is 0.323. The van der Waals surface area contributed by atoms with Crippen molar-refractivity contribution < 1.29 is 13.9 Å². The van der Waals surface area contributed by atoms with E-state index in [4.69, 9.17) is 14.9 Å². The van der Waals surface area contributed by atoms with Crippen LogP contribution in [0.15, 0.2) is 4.42 Å². The number of nitrogens with one attached hydrogen (secondary N) is 2. The first-order chi connectivity index (χ1) is 8.26. The average molecular weight is 243 g/mol. The van der Waals surface area contributed by atoms with Crippen molar-refractivity contribution in [2.75, 3.05) is 32.1 Å². The molecule has 1 heterocycles. The third-order valence-corrected chi connectivity index (χ3v) is 1.90. The standard InChI is InChI=1S/C9H17N5O3/c1-16-5-4-11-7(15)2-3-12-9-14-13-8(6-10)17-9/h2-6,10H2,1H3,(H,11,15)(H,12,14). The van der Waals surface area contributed by atoms with Crippen LogP contribution in [0.2, 0.25) is 0 Å².